The number of hydrogen-bond acceptors (Lipinski definition) is 2. The number of anilines is 1. The van der Waals surface area contributed by atoms with E-state index in [1.165, 1.54) is 6.07 Å². The Hall–Kier alpha value is -1.58. The van der Waals surface area contributed by atoms with E-state index in [1.54, 1.807) is 6.07 Å². The molecule has 0 saturated carbocycles. The lowest BCUT2D eigenvalue weighted by Crippen LogP contribution is -2.21. The summed E-state index contributed by atoms with van der Waals surface area (Å²) in [7, 11) is 0. The molecule has 2 rings (SSSR count). The zero-order valence-electron chi connectivity index (χ0n) is 9.11. The molecule has 86 valence electrons. The van der Waals surface area contributed by atoms with Crippen molar-refractivity contribution in [3.05, 3.63) is 29.6 Å². The molecule has 3 nitrogen and oxygen atoms in total. The number of hydrogen-bond donors (Lipinski definition) is 1. The fourth-order valence-electron chi connectivity index (χ4n) is 2.34. The lowest BCUT2D eigenvalue weighted by molar-refractivity contribution is -0.137. The van der Waals surface area contributed by atoms with E-state index in [0.717, 1.165) is 12.2 Å². The summed E-state index contributed by atoms with van der Waals surface area (Å²) < 4.78 is 13.7. The molecule has 16 heavy (non-hydrogen) atoms. The van der Waals surface area contributed by atoms with E-state index < -0.39 is 5.97 Å². The molecule has 0 radical (unpaired) electrons. The third-order valence-electron chi connectivity index (χ3n) is 3.02. The number of nitrogens with zero attached hydrogens (tertiary/aromatic N) is 1. The normalized spacial score (nSPS) is 18.6. The van der Waals surface area contributed by atoms with Crippen LogP contribution >= 0.6 is 0 Å². The van der Waals surface area contributed by atoms with Gasteiger partial charge in [0.15, 0.2) is 0 Å². The number of halogens is 1. The summed E-state index contributed by atoms with van der Waals surface area (Å²) in [5.41, 5.74) is 1.40. The Morgan fingerprint density at radius 1 is 1.62 bits per heavy atom. The van der Waals surface area contributed by atoms with E-state index in [9.17, 15) is 9.18 Å². The first-order chi connectivity index (χ1) is 7.63. The molecule has 1 N–H and O–H groups in total. The number of rotatable bonds is 3. The van der Waals surface area contributed by atoms with Crippen LogP contribution in [0.1, 0.15) is 24.8 Å². The van der Waals surface area contributed by atoms with Crippen molar-refractivity contribution in [3.8, 4) is 0 Å². The minimum atomic E-state index is -0.878. The van der Waals surface area contributed by atoms with Crippen molar-refractivity contribution in [3.63, 3.8) is 0 Å². The van der Waals surface area contributed by atoms with Crippen molar-refractivity contribution in [1.29, 1.82) is 0 Å². The van der Waals surface area contributed by atoms with E-state index >= 15 is 0 Å². The molecule has 1 atom stereocenters. The first kappa shape index (κ1) is 10.9. The predicted octanol–water partition coefficient (Wildman–Crippen LogP) is 2.22. The highest BCUT2D eigenvalue weighted by molar-refractivity contribution is 5.71. The Balaban J connectivity index is 2.39. The number of carboxylic acids is 1. The molecule has 1 aromatic rings. The van der Waals surface area contributed by atoms with Crippen molar-refractivity contribution in [1.82, 2.24) is 0 Å². The van der Waals surface area contributed by atoms with Crippen molar-refractivity contribution in [2.45, 2.75) is 19.3 Å². The van der Waals surface area contributed by atoms with Gasteiger partial charge >= 0.3 is 5.97 Å². The van der Waals surface area contributed by atoms with Gasteiger partial charge in [0.2, 0.25) is 0 Å². The second-order valence-corrected chi connectivity index (χ2v) is 4.01. The maximum absolute atomic E-state index is 13.7. The number of fused-ring (bicyclic) bond motifs is 1. The highest BCUT2D eigenvalue weighted by atomic mass is 19.1. The van der Waals surface area contributed by atoms with Crippen LogP contribution in [-0.2, 0) is 4.79 Å². The number of carboxylic acid groups (broad SMARTS) is 1. The van der Waals surface area contributed by atoms with Gasteiger partial charge in [0, 0.05) is 30.3 Å². The van der Waals surface area contributed by atoms with E-state index in [2.05, 4.69) is 0 Å². The Kier molecular flexibility index (Phi) is 2.81. The first-order valence-electron chi connectivity index (χ1n) is 5.38. The largest absolute Gasteiger partial charge is 0.481 e. The zero-order valence-corrected chi connectivity index (χ0v) is 9.11. The quantitative estimate of drug-likeness (QED) is 0.854. The number of likely N-dealkylation sites (N-methyl/N-ethyl adjacent to an activating group) is 1. The third-order valence-corrected chi connectivity index (χ3v) is 3.02. The molecule has 1 aliphatic rings. The van der Waals surface area contributed by atoms with Gasteiger partial charge in [0.1, 0.15) is 5.82 Å². The van der Waals surface area contributed by atoms with Crippen LogP contribution in [0, 0.1) is 5.82 Å². The van der Waals surface area contributed by atoms with Gasteiger partial charge in [0.05, 0.1) is 6.42 Å². The molecule has 1 aliphatic heterocycles. The Bertz CT molecular complexity index is 419. The average molecular weight is 223 g/mol. The SMILES string of the molecule is CCN1CC(CC(=O)O)c2c(F)cccc21. The van der Waals surface area contributed by atoms with Crippen LogP contribution in [0.15, 0.2) is 18.2 Å². The van der Waals surface area contributed by atoms with E-state index in [1.807, 2.05) is 17.9 Å². The Morgan fingerprint density at radius 3 is 3.00 bits per heavy atom. The number of carbonyl (C=O) groups is 1. The fraction of sp³-hybridized carbons (Fsp3) is 0.417. The molecule has 0 amide bonds. The van der Waals surface area contributed by atoms with Gasteiger partial charge in [-0.2, -0.15) is 0 Å². The van der Waals surface area contributed by atoms with Gasteiger partial charge in [-0.25, -0.2) is 4.39 Å². The van der Waals surface area contributed by atoms with Crippen LogP contribution in [0.5, 0.6) is 0 Å². The monoisotopic (exact) mass is 223 g/mol. The summed E-state index contributed by atoms with van der Waals surface area (Å²) in [5.74, 6) is -1.40. The molecule has 1 unspecified atom stereocenters. The molecular formula is C12H14FNO2. The maximum atomic E-state index is 13.7. The van der Waals surface area contributed by atoms with E-state index in [-0.39, 0.29) is 18.2 Å². The maximum Gasteiger partial charge on any atom is 0.304 e. The van der Waals surface area contributed by atoms with Crippen LogP contribution < -0.4 is 4.90 Å². The van der Waals surface area contributed by atoms with Gasteiger partial charge < -0.3 is 10.0 Å². The summed E-state index contributed by atoms with van der Waals surface area (Å²) in [5, 5.41) is 8.81. The molecule has 0 aromatic heterocycles. The lowest BCUT2D eigenvalue weighted by atomic mass is 9.97. The van der Waals surface area contributed by atoms with E-state index in [4.69, 9.17) is 5.11 Å². The van der Waals surface area contributed by atoms with Gasteiger partial charge in [0.25, 0.3) is 0 Å². The summed E-state index contributed by atoms with van der Waals surface area (Å²) >= 11 is 0. The minimum absolute atomic E-state index is 0.00949. The van der Waals surface area contributed by atoms with Gasteiger partial charge in [-0.3, -0.25) is 4.79 Å². The summed E-state index contributed by atoms with van der Waals surface area (Å²) in [4.78, 5) is 12.8. The highest BCUT2D eigenvalue weighted by Crippen LogP contribution is 2.39. The lowest BCUT2D eigenvalue weighted by Gasteiger charge is -2.16. The van der Waals surface area contributed by atoms with Crippen molar-refractivity contribution < 1.29 is 14.3 Å². The van der Waals surface area contributed by atoms with Crippen LogP contribution in [0.25, 0.3) is 0 Å². The molecule has 0 fully saturated rings. The standard InChI is InChI=1S/C12H14FNO2/c1-2-14-7-8(6-11(15)16)12-9(13)4-3-5-10(12)14/h3-5,8H,2,6-7H2,1H3,(H,15,16). The van der Waals surface area contributed by atoms with Crippen molar-refractivity contribution in [2.75, 3.05) is 18.0 Å². The average Bonchev–Trinajstić information content (AvgIpc) is 2.57. The minimum Gasteiger partial charge on any atom is -0.481 e. The molecule has 0 saturated heterocycles. The molecule has 1 aromatic carbocycles. The summed E-state index contributed by atoms with van der Waals surface area (Å²) in [6, 6.07) is 4.91. The highest BCUT2D eigenvalue weighted by Gasteiger charge is 2.31. The van der Waals surface area contributed by atoms with Gasteiger partial charge in [-0.15, -0.1) is 0 Å². The van der Waals surface area contributed by atoms with Crippen LogP contribution in [0.4, 0.5) is 10.1 Å². The molecular weight excluding hydrogens is 209 g/mol. The van der Waals surface area contributed by atoms with Gasteiger partial charge in [-0.1, -0.05) is 6.07 Å². The van der Waals surface area contributed by atoms with Crippen LogP contribution in [0.3, 0.4) is 0 Å². The molecule has 0 bridgehead atoms. The second-order valence-electron chi connectivity index (χ2n) is 4.01. The third kappa shape index (κ3) is 1.75. The van der Waals surface area contributed by atoms with Gasteiger partial charge in [-0.05, 0) is 19.1 Å². The molecule has 4 heteroatoms. The van der Waals surface area contributed by atoms with E-state index in [0.29, 0.717) is 12.1 Å². The first-order valence-corrected chi connectivity index (χ1v) is 5.38. The Morgan fingerprint density at radius 2 is 2.38 bits per heavy atom. The van der Waals surface area contributed by atoms with Crippen molar-refractivity contribution >= 4 is 11.7 Å². The van der Waals surface area contributed by atoms with Crippen LogP contribution in [-0.4, -0.2) is 24.2 Å². The second kappa shape index (κ2) is 4.12. The zero-order chi connectivity index (χ0) is 11.7. The number of aliphatic carboxylic acids is 1. The number of benzene rings is 1. The topological polar surface area (TPSA) is 40.5 Å². The smallest absolute Gasteiger partial charge is 0.304 e. The summed E-state index contributed by atoms with van der Waals surface area (Å²) in [6.07, 6.45) is -0.00949. The molecule has 0 aliphatic carbocycles. The fourth-order valence-corrected chi connectivity index (χ4v) is 2.34. The molecule has 1 heterocycles. The predicted molar refractivity (Wildman–Crippen MR) is 59.3 cm³/mol. The van der Waals surface area contributed by atoms with Crippen LogP contribution in [0.2, 0.25) is 0 Å². The summed E-state index contributed by atoms with van der Waals surface area (Å²) in [6.45, 7) is 3.35. The van der Waals surface area contributed by atoms with Crippen molar-refractivity contribution in [2.24, 2.45) is 0 Å². The molecule has 0 spiro atoms. The Labute approximate surface area is 93.5 Å².